The standard InChI is InChI=1S/C23H31N3O4S/c1-17-10-11-20(16-18(17)2)26(31(5,28)29)19(3)23(27)25-14-12-24(13-15-25)21-8-6-7-9-22(21)30-4/h6-11,16,19H,12-15H2,1-5H3/t19-/m0/s1. The van der Waals surface area contributed by atoms with Crippen LogP contribution >= 0.6 is 0 Å². The molecule has 2 aromatic carbocycles. The lowest BCUT2D eigenvalue weighted by Gasteiger charge is -2.39. The van der Waals surface area contributed by atoms with Crippen molar-refractivity contribution < 1.29 is 17.9 Å². The summed E-state index contributed by atoms with van der Waals surface area (Å²) in [6.45, 7) is 7.91. The molecular weight excluding hydrogens is 414 g/mol. The van der Waals surface area contributed by atoms with E-state index >= 15 is 0 Å². The number of ether oxygens (including phenoxy) is 1. The Morgan fingerprint density at radius 1 is 1.03 bits per heavy atom. The van der Waals surface area contributed by atoms with E-state index in [4.69, 9.17) is 4.74 Å². The molecule has 1 aliphatic rings. The summed E-state index contributed by atoms with van der Waals surface area (Å²) in [5.41, 5.74) is 3.57. The molecule has 0 aromatic heterocycles. The molecule has 0 unspecified atom stereocenters. The SMILES string of the molecule is COc1ccccc1N1CCN(C(=O)[C@H](C)N(c2ccc(C)c(C)c2)S(C)(=O)=O)CC1. The Morgan fingerprint density at radius 3 is 2.26 bits per heavy atom. The van der Waals surface area contributed by atoms with Crippen LogP contribution in [-0.2, 0) is 14.8 Å². The summed E-state index contributed by atoms with van der Waals surface area (Å²) < 4.78 is 31.9. The van der Waals surface area contributed by atoms with Gasteiger partial charge in [-0.25, -0.2) is 8.42 Å². The molecule has 168 valence electrons. The van der Waals surface area contributed by atoms with Gasteiger partial charge in [0.1, 0.15) is 11.8 Å². The molecule has 3 rings (SSSR count). The fourth-order valence-corrected chi connectivity index (χ4v) is 5.15. The van der Waals surface area contributed by atoms with Crippen LogP contribution < -0.4 is 13.9 Å². The van der Waals surface area contributed by atoms with E-state index in [1.54, 1.807) is 25.0 Å². The number of nitrogens with zero attached hydrogens (tertiary/aromatic N) is 3. The van der Waals surface area contributed by atoms with E-state index in [-0.39, 0.29) is 5.91 Å². The summed E-state index contributed by atoms with van der Waals surface area (Å²) in [5, 5.41) is 0. The summed E-state index contributed by atoms with van der Waals surface area (Å²) in [4.78, 5) is 17.2. The zero-order chi connectivity index (χ0) is 22.8. The first-order valence-electron chi connectivity index (χ1n) is 10.4. The topological polar surface area (TPSA) is 70.2 Å². The van der Waals surface area contributed by atoms with Gasteiger partial charge in [0.05, 0.1) is 24.7 Å². The number of piperazine rings is 1. The highest BCUT2D eigenvalue weighted by Crippen LogP contribution is 2.29. The van der Waals surface area contributed by atoms with Gasteiger partial charge in [-0.2, -0.15) is 0 Å². The van der Waals surface area contributed by atoms with Crippen LogP contribution in [0, 0.1) is 13.8 Å². The predicted octanol–water partition coefficient (Wildman–Crippen LogP) is 2.82. The fourth-order valence-electron chi connectivity index (χ4n) is 3.99. The smallest absolute Gasteiger partial charge is 0.246 e. The molecule has 0 aliphatic carbocycles. The number of para-hydroxylation sites is 2. The van der Waals surface area contributed by atoms with Gasteiger partial charge >= 0.3 is 0 Å². The fraction of sp³-hybridized carbons (Fsp3) is 0.435. The van der Waals surface area contributed by atoms with Gasteiger partial charge in [-0.3, -0.25) is 9.10 Å². The first-order valence-corrected chi connectivity index (χ1v) is 12.2. The van der Waals surface area contributed by atoms with Crippen LogP contribution in [0.4, 0.5) is 11.4 Å². The molecule has 1 heterocycles. The number of rotatable bonds is 6. The Morgan fingerprint density at radius 2 is 1.68 bits per heavy atom. The van der Waals surface area contributed by atoms with Gasteiger partial charge in [-0.15, -0.1) is 0 Å². The first-order chi connectivity index (χ1) is 14.6. The maximum absolute atomic E-state index is 13.3. The van der Waals surface area contributed by atoms with Crippen LogP contribution in [0.15, 0.2) is 42.5 Å². The molecule has 0 N–H and O–H groups in total. The quantitative estimate of drug-likeness (QED) is 0.684. The van der Waals surface area contributed by atoms with E-state index in [1.165, 1.54) is 4.31 Å². The van der Waals surface area contributed by atoms with Gasteiger partial charge < -0.3 is 14.5 Å². The number of anilines is 2. The van der Waals surface area contributed by atoms with E-state index in [2.05, 4.69) is 4.90 Å². The van der Waals surface area contributed by atoms with Gasteiger partial charge in [0.2, 0.25) is 15.9 Å². The molecule has 1 fully saturated rings. The van der Waals surface area contributed by atoms with E-state index in [0.29, 0.717) is 31.9 Å². The molecule has 1 aliphatic heterocycles. The largest absolute Gasteiger partial charge is 0.495 e. The minimum atomic E-state index is -3.63. The lowest BCUT2D eigenvalue weighted by atomic mass is 10.1. The summed E-state index contributed by atoms with van der Waals surface area (Å²) >= 11 is 0. The van der Waals surface area contributed by atoms with E-state index in [9.17, 15) is 13.2 Å². The highest BCUT2D eigenvalue weighted by Gasteiger charge is 2.33. The highest BCUT2D eigenvalue weighted by molar-refractivity contribution is 7.92. The summed E-state index contributed by atoms with van der Waals surface area (Å²) in [5.74, 6) is 0.608. The molecule has 0 saturated carbocycles. The van der Waals surface area contributed by atoms with Crippen LogP contribution in [-0.4, -0.2) is 64.8 Å². The van der Waals surface area contributed by atoms with Crippen molar-refractivity contribution in [2.24, 2.45) is 0 Å². The first kappa shape index (κ1) is 22.9. The minimum Gasteiger partial charge on any atom is -0.495 e. The average Bonchev–Trinajstić information content (AvgIpc) is 2.75. The lowest BCUT2D eigenvalue weighted by Crippen LogP contribution is -2.55. The number of hydrogen-bond donors (Lipinski definition) is 0. The highest BCUT2D eigenvalue weighted by atomic mass is 32.2. The molecule has 0 bridgehead atoms. The number of methoxy groups -OCH3 is 1. The Kier molecular flexibility index (Phi) is 6.79. The van der Waals surface area contributed by atoms with Crippen molar-refractivity contribution in [3.05, 3.63) is 53.6 Å². The van der Waals surface area contributed by atoms with Crippen LogP contribution in [0.3, 0.4) is 0 Å². The lowest BCUT2D eigenvalue weighted by molar-refractivity contribution is -0.132. The van der Waals surface area contributed by atoms with Crippen LogP contribution in [0.1, 0.15) is 18.1 Å². The molecule has 7 nitrogen and oxygen atoms in total. The van der Waals surface area contributed by atoms with E-state index in [0.717, 1.165) is 28.8 Å². The van der Waals surface area contributed by atoms with Crippen molar-refractivity contribution in [2.45, 2.75) is 26.8 Å². The molecule has 2 aromatic rings. The summed E-state index contributed by atoms with van der Waals surface area (Å²) in [6.07, 6.45) is 1.14. The minimum absolute atomic E-state index is 0.191. The van der Waals surface area contributed by atoms with Gasteiger partial charge in [-0.1, -0.05) is 18.2 Å². The molecule has 1 saturated heterocycles. The number of benzene rings is 2. The second kappa shape index (κ2) is 9.18. The zero-order valence-electron chi connectivity index (χ0n) is 18.8. The molecule has 0 spiro atoms. The molecular formula is C23H31N3O4S. The Balaban J connectivity index is 1.76. The zero-order valence-corrected chi connectivity index (χ0v) is 19.6. The Bertz CT molecular complexity index is 1050. The van der Waals surface area contributed by atoms with Crippen LogP contribution in [0.2, 0.25) is 0 Å². The summed E-state index contributed by atoms with van der Waals surface area (Å²) in [6, 6.07) is 12.4. The van der Waals surface area contributed by atoms with Gasteiger partial charge in [-0.05, 0) is 56.2 Å². The third-order valence-corrected chi connectivity index (χ3v) is 7.07. The van der Waals surface area contributed by atoms with Gasteiger partial charge in [0, 0.05) is 26.2 Å². The number of amides is 1. The second-order valence-corrected chi connectivity index (χ2v) is 9.85. The monoisotopic (exact) mass is 445 g/mol. The molecule has 0 radical (unpaired) electrons. The maximum atomic E-state index is 13.3. The number of carbonyl (C=O) groups excluding carboxylic acids is 1. The Labute approximate surface area is 185 Å². The Hall–Kier alpha value is -2.74. The predicted molar refractivity (Wildman–Crippen MR) is 124 cm³/mol. The van der Waals surface area contributed by atoms with Crippen molar-refractivity contribution in [1.82, 2.24) is 4.90 Å². The number of aryl methyl sites for hydroxylation is 2. The number of sulfonamides is 1. The molecule has 31 heavy (non-hydrogen) atoms. The van der Waals surface area contributed by atoms with Crippen LogP contribution in [0.5, 0.6) is 5.75 Å². The van der Waals surface area contributed by atoms with E-state index < -0.39 is 16.1 Å². The van der Waals surface area contributed by atoms with Crippen molar-refractivity contribution in [1.29, 1.82) is 0 Å². The second-order valence-electron chi connectivity index (χ2n) is 7.99. The third kappa shape index (κ3) is 4.95. The number of hydrogen-bond acceptors (Lipinski definition) is 5. The molecule has 8 heteroatoms. The van der Waals surface area contributed by atoms with Gasteiger partial charge in [0.25, 0.3) is 0 Å². The van der Waals surface area contributed by atoms with Crippen molar-refractivity contribution in [3.63, 3.8) is 0 Å². The molecule has 1 amide bonds. The van der Waals surface area contributed by atoms with E-state index in [1.807, 2.05) is 50.2 Å². The van der Waals surface area contributed by atoms with Crippen molar-refractivity contribution in [2.75, 3.05) is 48.7 Å². The normalized spacial score (nSPS) is 15.5. The van der Waals surface area contributed by atoms with Crippen LogP contribution in [0.25, 0.3) is 0 Å². The summed E-state index contributed by atoms with van der Waals surface area (Å²) in [7, 11) is -1.99. The number of carbonyl (C=O) groups is 1. The van der Waals surface area contributed by atoms with Crippen molar-refractivity contribution >= 4 is 27.3 Å². The molecule has 1 atom stereocenters. The average molecular weight is 446 g/mol. The van der Waals surface area contributed by atoms with Gasteiger partial charge in [0.15, 0.2) is 0 Å². The third-order valence-electron chi connectivity index (χ3n) is 5.83. The van der Waals surface area contributed by atoms with Crippen molar-refractivity contribution in [3.8, 4) is 5.75 Å². The maximum Gasteiger partial charge on any atom is 0.246 e.